The Balaban J connectivity index is 1.65. The van der Waals surface area contributed by atoms with E-state index >= 15 is 0 Å². The number of ether oxygens (including phenoxy) is 1. The molecule has 5 heteroatoms. The van der Waals surface area contributed by atoms with Crippen molar-refractivity contribution in [2.75, 3.05) is 26.2 Å². The summed E-state index contributed by atoms with van der Waals surface area (Å²) in [5, 5.41) is 3.11. The van der Waals surface area contributed by atoms with Crippen LogP contribution in [0.5, 0.6) is 0 Å². The van der Waals surface area contributed by atoms with Crippen molar-refractivity contribution in [3.8, 4) is 0 Å². The molecule has 5 nitrogen and oxygen atoms in total. The minimum atomic E-state index is -0.0810. The molecule has 1 saturated carbocycles. The minimum absolute atomic E-state index is 0.0177. The first-order valence-electron chi connectivity index (χ1n) is 7.87. The second-order valence-electron chi connectivity index (χ2n) is 5.85. The van der Waals surface area contributed by atoms with Crippen LogP contribution in [0.15, 0.2) is 0 Å². The van der Waals surface area contributed by atoms with E-state index in [-0.39, 0.29) is 17.8 Å². The van der Waals surface area contributed by atoms with Gasteiger partial charge in [0.25, 0.3) is 0 Å². The maximum atomic E-state index is 11.9. The van der Waals surface area contributed by atoms with E-state index in [2.05, 4.69) is 10.2 Å². The van der Waals surface area contributed by atoms with Crippen LogP contribution in [0.4, 0.5) is 0 Å². The van der Waals surface area contributed by atoms with Gasteiger partial charge in [0.15, 0.2) is 0 Å². The molecule has 0 spiro atoms. The van der Waals surface area contributed by atoms with Gasteiger partial charge in [0.1, 0.15) is 0 Å². The fraction of sp³-hybridized carbons (Fsp3) is 0.867. The van der Waals surface area contributed by atoms with Gasteiger partial charge in [-0.15, -0.1) is 0 Å². The Morgan fingerprint density at radius 3 is 2.40 bits per heavy atom. The second-order valence-corrected chi connectivity index (χ2v) is 5.85. The van der Waals surface area contributed by atoms with E-state index in [1.165, 1.54) is 12.8 Å². The Labute approximate surface area is 121 Å². The number of hydrogen-bond acceptors (Lipinski definition) is 4. The van der Waals surface area contributed by atoms with Crippen LogP contribution in [-0.4, -0.2) is 49.1 Å². The number of nitrogens with one attached hydrogen (secondary N) is 1. The molecule has 1 amide bonds. The Morgan fingerprint density at radius 1 is 1.15 bits per heavy atom. The first kappa shape index (κ1) is 15.3. The molecule has 0 aromatic heterocycles. The van der Waals surface area contributed by atoms with Crippen LogP contribution < -0.4 is 5.32 Å². The highest BCUT2D eigenvalue weighted by molar-refractivity contribution is 5.78. The van der Waals surface area contributed by atoms with Crippen LogP contribution in [0.3, 0.4) is 0 Å². The number of rotatable bonds is 5. The van der Waals surface area contributed by atoms with E-state index < -0.39 is 0 Å². The van der Waals surface area contributed by atoms with Crippen LogP contribution >= 0.6 is 0 Å². The quantitative estimate of drug-likeness (QED) is 0.773. The number of likely N-dealkylation sites (tertiary alicyclic amines) is 1. The summed E-state index contributed by atoms with van der Waals surface area (Å²) in [6.45, 7) is 4.36. The summed E-state index contributed by atoms with van der Waals surface area (Å²) in [4.78, 5) is 25.7. The monoisotopic (exact) mass is 282 g/mol. The van der Waals surface area contributed by atoms with E-state index in [0.29, 0.717) is 19.2 Å². The normalized spacial score (nSPS) is 21.9. The molecule has 1 heterocycles. The van der Waals surface area contributed by atoms with Crippen LogP contribution in [0, 0.1) is 5.92 Å². The molecule has 2 rings (SSSR count). The van der Waals surface area contributed by atoms with Gasteiger partial charge in [-0.2, -0.15) is 0 Å². The van der Waals surface area contributed by atoms with E-state index in [4.69, 9.17) is 4.74 Å². The third-order valence-corrected chi connectivity index (χ3v) is 4.30. The van der Waals surface area contributed by atoms with Crippen molar-refractivity contribution in [1.82, 2.24) is 10.2 Å². The summed E-state index contributed by atoms with van der Waals surface area (Å²) < 4.78 is 5.05. The average molecular weight is 282 g/mol. The highest BCUT2D eigenvalue weighted by atomic mass is 16.5. The molecule has 0 atom stereocenters. The van der Waals surface area contributed by atoms with E-state index in [0.717, 1.165) is 38.8 Å². The first-order chi connectivity index (χ1) is 9.69. The van der Waals surface area contributed by atoms with Crippen molar-refractivity contribution >= 4 is 11.9 Å². The molecule has 2 fully saturated rings. The predicted octanol–water partition coefficient (Wildman–Crippen LogP) is 1.32. The van der Waals surface area contributed by atoms with Gasteiger partial charge in [-0.1, -0.05) is 12.8 Å². The number of carbonyl (C=O) groups excluding carboxylic acids is 2. The van der Waals surface area contributed by atoms with Crippen LogP contribution in [0.25, 0.3) is 0 Å². The minimum Gasteiger partial charge on any atom is -0.466 e. The lowest BCUT2D eigenvalue weighted by Crippen LogP contribution is -2.44. The summed E-state index contributed by atoms with van der Waals surface area (Å²) in [5.74, 6) is 0.0677. The smallest absolute Gasteiger partial charge is 0.309 e. The molecule has 0 radical (unpaired) electrons. The zero-order chi connectivity index (χ0) is 14.4. The van der Waals surface area contributed by atoms with Crippen molar-refractivity contribution in [3.63, 3.8) is 0 Å². The molecule has 1 aliphatic heterocycles. The SMILES string of the molecule is CCOC(=O)C1CCN(CC(=O)NC2CCCC2)CC1. The predicted molar refractivity (Wildman–Crippen MR) is 76.2 cm³/mol. The largest absolute Gasteiger partial charge is 0.466 e. The zero-order valence-electron chi connectivity index (χ0n) is 12.4. The van der Waals surface area contributed by atoms with Gasteiger partial charge in [-0.05, 0) is 45.7 Å². The lowest BCUT2D eigenvalue weighted by Gasteiger charge is -2.30. The second kappa shape index (κ2) is 7.62. The molecular formula is C15H26N2O3. The highest BCUT2D eigenvalue weighted by Gasteiger charge is 2.27. The van der Waals surface area contributed by atoms with Crippen molar-refractivity contribution in [1.29, 1.82) is 0 Å². The Kier molecular flexibility index (Phi) is 5.83. The van der Waals surface area contributed by atoms with E-state index in [1.54, 1.807) is 0 Å². The molecule has 0 unspecified atom stereocenters. The van der Waals surface area contributed by atoms with E-state index in [1.807, 2.05) is 6.92 Å². The summed E-state index contributed by atoms with van der Waals surface area (Å²) in [5.41, 5.74) is 0. The van der Waals surface area contributed by atoms with E-state index in [9.17, 15) is 9.59 Å². The molecule has 1 N–H and O–H groups in total. The fourth-order valence-electron chi connectivity index (χ4n) is 3.13. The highest BCUT2D eigenvalue weighted by Crippen LogP contribution is 2.19. The lowest BCUT2D eigenvalue weighted by molar-refractivity contribution is -0.149. The third kappa shape index (κ3) is 4.47. The zero-order valence-corrected chi connectivity index (χ0v) is 12.4. The first-order valence-corrected chi connectivity index (χ1v) is 7.87. The van der Waals surface area contributed by atoms with Gasteiger partial charge in [-0.25, -0.2) is 0 Å². The van der Waals surface area contributed by atoms with Crippen molar-refractivity contribution in [3.05, 3.63) is 0 Å². The maximum absolute atomic E-state index is 11.9. The number of carbonyl (C=O) groups is 2. The Hall–Kier alpha value is -1.10. The molecule has 0 aromatic carbocycles. The van der Waals surface area contributed by atoms with Gasteiger partial charge in [0.05, 0.1) is 19.1 Å². The fourth-order valence-corrected chi connectivity index (χ4v) is 3.13. The number of hydrogen-bond donors (Lipinski definition) is 1. The molecular weight excluding hydrogens is 256 g/mol. The standard InChI is InChI=1S/C15H26N2O3/c1-2-20-15(19)12-7-9-17(10-8-12)11-14(18)16-13-5-3-4-6-13/h12-13H,2-11H2,1H3,(H,16,18). The molecule has 0 aromatic rings. The number of nitrogens with zero attached hydrogens (tertiary/aromatic N) is 1. The summed E-state index contributed by atoms with van der Waals surface area (Å²) in [7, 11) is 0. The van der Waals surface area contributed by atoms with Gasteiger partial charge >= 0.3 is 5.97 Å². The third-order valence-electron chi connectivity index (χ3n) is 4.30. The number of amides is 1. The molecule has 2 aliphatic rings. The van der Waals surface area contributed by atoms with Gasteiger partial charge in [0.2, 0.25) is 5.91 Å². The van der Waals surface area contributed by atoms with Crippen molar-refractivity contribution < 1.29 is 14.3 Å². The summed E-state index contributed by atoms with van der Waals surface area (Å²) in [6, 6.07) is 0.388. The topological polar surface area (TPSA) is 58.6 Å². The van der Waals surface area contributed by atoms with Crippen LogP contribution in [-0.2, 0) is 14.3 Å². The van der Waals surface area contributed by atoms with Gasteiger partial charge < -0.3 is 10.1 Å². The molecule has 114 valence electrons. The average Bonchev–Trinajstić information content (AvgIpc) is 2.92. The van der Waals surface area contributed by atoms with Gasteiger partial charge in [0, 0.05) is 6.04 Å². The van der Waals surface area contributed by atoms with Gasteiger partial charge in [-0.3, -0.25) is 14.5 Å². The Morgan fingerprint density at radius 2 is 1.80 bits per heavy atom. The molecule has 0 bridgehead atoms. The Bertz CT molecular complexity index is 332. The maximum Gasteiger partial charge on any atom is 0.309 e. The van der Waals surface area contributed by atoms with Crippen LogP contribution in [0.1, 0.15) is 45.4 Å². The summed E-state index contributed by atoms with van der Waals surface area (Å²) >= 11 is 0. The van der Waals surface area contributed by atoms with Crippen molar-refractivity contribution in [2.24, 2.45) is 5.92 Å². The molecule has 1 aliphatic carbocycles. The summed E-state index contributed by atoms with van der Waals surface area (Å²) in [6.07, 6.45) is 6.31. The number of esters is 1. The van der Waals surface area contributed by atoms with Crippen LogP contribution in [0.2, 0.25) is 0 Å². The van der Waals surface area contributed by atoms with Crippen molar-refractivity contribution in [2.45, 2.75) is 51.5 Å². The number of piperidine rings is 1. The molecule has 20 heavy (non-hydrogen) atoms. The molecule has 1 saturated heterocycles. The lowest BCUT2D eigenvalue weighted by atomic mass is 9.97.